The molecule has 1 unspecified atom stereocenters. The monoisotopic (exact) mass is 305 g/mol. The van der Waals surface area contributed by atoms with Crippen LogP contribution in [0.2, 0.25) is 0 Å². The number of nitrogens with zero attached hydrogens (tertiary/aromatic N) is 1. The third kappa shape index (κ3) is 6.94. The van der Waals surface area contributed by atoms with E-state index in [2.05, 4.69) is 59.8 Å². The second-order valence-electron chi connectivity index (χ2n) is 5.69. The highest BCUT2D eigenvalue weighted by molar-refractivity contribution is 5.79. The zero-order valence-corrected chi connectivity index (χ0v) is 14.4. The molecule has 0 heterocycles. The van der Waals surface area contributed by atoms with Gasteiger partial charge >= 0.3 is 0 Å². The first-order valence-corrected chi connectivity index (χ1v) is 8.26. The lowest BCUT2D eigenvalue weighted by Crippen LogP contribution is -2.40. The minimum absolute atomic E-state index is 0.475. The van der Waals surface area contributed by atoms with Crippen LogP contribution in [0, 0.1) is 5.92 Å². The molecule has 1 aromatic rings. The normalized spacial score (nSPS) is 13.2. The van der Waals surface area contributed by atoms with E-state index in [9.17, 15) is 0 Å². The number of rotatable bonds is 9. The fourth-order valence-corrected chi connectivity index (χ4v) is 2.39. The third-order valence-corrected chi connectivity index (χ3v) is 3.71. The maximum atomic E-state index is 5.34. The summed E-state index contributed by atoms with van der Waals surface area (Å²) in [5.74, 6) is 1.91. The highest BCUT2D eigenvalue weighted by Crippen LogP contribution is 2.23. The summed E-state index contributed by atoms with van der Waals surface area (Å²) in [7, 11) is 1.81. The number of hydrogen-bond donors (Lipinski definition) is 2. The number of ether oxygens (including phenoxy) is 1. The smallest absolute Gasteiger partial charge is 0.190 e. The summed E-state index contributed by atoms with van der Waals surface area (Å²) in [6.45, 7) is 9.86. The van der Waals surface area contributed by atoms with Crippen molar-refractivity contribution in [2.75, 3.05) is 33.4 Å². The lowest BCUT2D eigenvalue weighted by atomic mass is 9.88. The van der Waals surface area contributed by atoms with Crippen LogP contribution in [-0.4, -0.2) is 39.3 Å². The van der Waals surface area contributed by atoms with Gasteiger partial charge in [-0.05, 0) is 24.8 Å². The molecule has 0 saturated heterocycles. The van der Waals surface area contributed by atoms with Gasteiger partial charge in [0, 0.05) is 39.3 Å². The molecule has 0 fully saturated rings. The molecule has 4 nitrogen and oxygen atoms in total. The van der Waals surface area contributed by atoms with Crippen molar-refractivity contribution in [2.24, 2.45) is 10.9 Å². The Hall–Kier alpha value is -1.55. The second kappa shape index (κ2) is 11.1. The molecule has 22 heavy (non-hydrogen) atoms. The lowest BCUT2D eigenvalue weighted by molar-refractivity contribution is 0.145. The molecular formula is C18H31N3O. The molecule has 0 aliphatic rings. The number of nitrogens with one attached hydrogen (secondary N) is 2. The van der Waals surface area contributed by atoms with Crippen molar-refractivity contribution < 1.29 is 4.74 Å². The minimum Gasteiger partial charge on any atom is -0.382 e. The Morgan fingerprint density at radius 1 is 1.18 bits per heavy atom. The highest BCUT2D eigenvalue weighted by Gasteiger charge is 2.15. The average molecular weight is 305 g/mol. The van der Waals surface area contributed by atoms with Crippen LogP contribution in [0.4, 0.5) is 0 Å². The van der Waals surface area contributed by atoms with E-state index in [1.54, 1.807) is 0 Å². The van der Waals surface area contributed by atoms with Gasteiger partial charge in [-0.15, -0.1) is 0 Å². The van der Waals surface area contributed by atoms with E-state index >= 15 is 0 Å². The summed E-state index contributed by atoms with van der Waals surface area (Å²) in [6.07, 6.45) is 0.987. The van der Waals surface area contributed by atoms with Gasteiger partial charge < -0.3 is 15.4 Å². The van der Waals surface area contributed by atoms with Gasteiger partial charge in [-0.3, -0.25) is 4.99 Å². The zero-order valence-electron chi connectivity index (χ0n) is 14.4. The Balaban J connectivity index is 2.43. The van der Waals surface area contributed by atoms with Crippen molar-refractivity contribution in [3.05, 3.63) is 35.9 Å². The van der Waals surface area contributed by atoms with Crippen LogP contribution in [0.15, 0.2) is 35.3 Å². The van der Waals surface area contributed by atoms with Crippen molar-refractivity contribution in [1.82, 2.24) is 10.6 Å². The second-order valence-corrected chi connectivity index (χ2v) is 5.69. The quantitative estimate of drug-likeness (QED) is 0.419. The molecule has 0 aromatic heterocycles. The highest BCUT2D eigenvalue weighted by atomic mass is 16.5. The van der Waals surface area contributed by atoms with E-state index in [-0.39, 0.29) is 0 Å². The van der Waals surface area contributed by atoms with Crippen LogP contribution in [0.25, 0.3) is 0 Å². The average Bonchev–Trinajstić information content (AvgIpc) is 2.53. The predicted octanol–water partition coefficient (Wildman–Crippen LogP) is 3.02. The van der Waals surface area contributed by atoms with Crippen molar-refractivity contribution >= 4 is 5.96 Å². The van der Waals surface area contributed by atoms with E-state index in [1.165, 1.54) is 5.56 Å². The first kappa shape index (κ1) is 18.5. The summed E-state index contributed by atoms with van der Waals surface area (Å²) < 4.78 is 5.34. The molecule has 0 radical (unpaired) electrons. The van der Waals surface area contributed by atoms with Gasteiger partial charge in [0.15, 0.2) is 5.96 Å². The Labute approximate surface area is 135 Å². The maximum absolute atomic E-state index is 5.34. The Morgan fingerprint density at radius 3 is 2.50 bits per heavy atom. The van der Waals surface area contributed by atoms with E-state index in [4.69, 9.17) is 4.74 Å². The zero-order chi connectivity index (χ0) is 16.2. The summed E-state index contributed by atoms with van der Waals surface area (Å²) in [5.41, 5.74) is 1.37. The molecule has 0 aliphatic carbocycles. The van der Waals surface area contributed by atoms with Gasteiger partial charge in [0.2, 0.25) is 0 Å². The van der Waals surface area contributed by atoms with Crippen LogP contribution in [0.5, 0.6) is 0 Å². The number of benzene rings is 1. The molecule has 0 amide bonds. The number of guanidine groups is 1. The molecule has 2 N–H and O–H groups in total. The van der Waals surface area contributed by atoms with E-state index < -0.39 is 0 Å². The van der Waals surface area contributed by atoms with Crippen LogP contribution >= 0.6 is 0 Å². The summed E-state index contributed by atoms with van der Waals surface area (Å²) in [6, 6.07) is 10.7. The van der Waals surface area contributed by atoms with E-state index in [1.807, 2.05) is 14.0 Å². The fourth-order valence-electron chi connectivity index (χ4n) is 2.39. The van der Waals surface area contributed by atoms with Crippen molar-refractivity contribution in [1.29, 1.82) is 0 Å². The van der Waals surface area contributed by atoms with Crippen LogP contribution in [-0.2, 0) is 4.74 Å². The molecule has 124 valence electrons. The molecule has 0 saturated carbocycles. The van der Waals surface area contributed by atoms with Gasteiger partial charge in [-0.1, -0.05) is 44.2 Å². The van der Waals surface area contributed by atoms with Crippen LogP contribution in [0.1, 0.15) is 38.7 Å². The fraction of sp³-hybridized carbons (Fsp3) is 0.611. The number of hydrogen-bond acceptors (Lipinski definition) is 2. The SMILES string of the molecule is CCOCCCNC(=NC)NCC(c1ccccc1)C(C)C. The van der Waals surface area contributed by atoms with Gasteiger partial charge in [-0.25, -0.2) is 0 Å². The maximum Gasteiger partial charge on any atom is 0.190 e. The molecule has 0 spiro atoms. The van der Waals surface area contributed by atoms with Gasteiger partial charge in [0.25, 0.3) is 0 Å². The molecular weight excluding hydrogens is 274 g/mol. The lowest BCUT2D eigenvalue weighted by Gasteiger charge is -2.23. The minimum atomic E-state index is 0.475. The Bertz CT molecular complexity index is 418. The molecule has 0 aliphatic heterocycles. The van der Waals surface area contributed by atoms with Crippen LogP contribution < -0.4 is 10.6 Å². The molecule has 1 aromatic carbocycles. The van der Waals surface area contributed by atoms with Crippen molar-refractivity contribution in [3.8, 4) is 0 Å². The topological polar surface area (TPSA) is 45.6 Å². The number of aliphatic imine (C=N–C) groups is 1. The predicted molar refractivity (Wildman–Crippen MR) is 94.5 cm³/mol. The molecule has 1 rings (SSSR count). The standard InChI is InChI=1S/C18H31N3O/c1-5-22-13-9-12-20-18(19-4)21-14-17(15(2)3)16-10-7-6-8-11-16/h6-8,10-11,15,17H,5,9,12-14H2,1-4H3,(H2,19,20,21). The summed E-state index contributed by atoms with van der Waals surface area (Å²) in [4.78, 5) is 4.28. The molecule has 1 atom stereocenters. The molecule has 0 bridgehead atoms. The summed E-state index contributed by atoms with van der Waals surface area (Å²) >= 11 is 0. The Kier molecular flexibility index (Phi) is 9.31. The van der Waals surface area contributed by atoms with E-state index in [0.29, 0.717) is 11.8 Å². The first-order chi connectivity index (χ1) is 10.7. The summed E-state index contributed by atoms with van der Waals surface area (Å²) in [5, 5.41) is 6.77. The Morgan fingerprint density at radius 2 is 1.91 bits per heavy atom. The van der Waals surface area contributed by atoms with Gasteiger partial charge in [-0.2, -0.15) is 0 Å². The van der Waals surface area contributed by atoms with Crippen molar-refractivity contribution in [2.45, 2.75) is 33.1 Å². The molecule has 4 heteroatoms. The van der Waals surface area contributed by atoms with Gasteiger partial charge in [0.1, 0.15) is 0 Å². The first-order valence-electron chi connectivity index (χ1n) is 8.26. The largest absolute Gasteiger partial charge is 0.382 e. The van der Waals surface area contributed by atoms with Crippen LogP contribution in [0.3, 0.4) is 0 Å². The van der Waals surface area contributed by atoms with E-state index in [0.717, 1.165) is 38.7 Å². The van der Waals surface area contributed by atoms with Gasteiger partial charge in [0.05, 0.1) is 0 Å². The van der Waals surface area contributed by atoms with Crippen molar-refractivity contribution in [3.63, 3.8) is 0 Å². The third-order valence-electron chi connectivity index (χ3n) is 3.71.